The van der Waals surface area contributed by atoms with Crippen molar-refractivity contribution in [2.45, 2.75) is 25.3 Å². The summed E-state index contributed by atoms with van der Waals surface area (Å²) in [6.07, 6.45) is 2.74. The molecule has 0 spiro atoms. The summed E-state index contributed by atoms with van der Waals surface area (Å²) >= 11 is 0. The zero-order valence-electron chi connectivity index (χ0n) is 11.6. The van der Waals surface area contributed by atoms with E-state index in [2.05, 4.69) is 5.32 Å². The first-order valence-corrected chi connectivity index (χ1v) is 7.06. The molecule has 0 aliphatic heterocycles. The number of hydrogen-bond acceptors (Lipinski definition) is 2. The van der Waals surface area contributed by atoms with Crippen LogP contribution in [0.4, 0.5) is 10.1 Å². The van der Waals surface area contributed by atoms with Crippen LogP contribution in [-0.2, 0) is 12.8 Å². The summed E-state index contributed by atoms with van der Waals surface area (Å²) in [6.45, 7) is 0. The Balaban J connectivity index is 1.77. The minimum Gasteiger partial charge on any atom is -0.327 e. The summed E-state index contributed by atoms with van der Waals surface area (Å²) < 4.78 is 12.8. The molecule has 108 valence electrons. The Bertz CT molecular complexity index is 667. The van der Waals surface area contributed by atoms with Crippen LogP contribution < -0.4 is 11.1 Å². The van der Waals surface area contributed by atoms with Crippen LogP contribution in [0.25, 0.3) is 0 Å². The van der Waals surface area contributed by atoms with Gasteiger partial charge in [-0.15, -0.1) is 0 Å². The van der Waals surface area contributed by atoms with Gasteiger partial charge < -0.3 is 11.1 Å². The maximum Gasteiger partial charge on any atom is 0.255 e. The third kappa shape index (κ3) is 3.11. The minimum atomic E-state index is -0.321. The Kier molecular flexibility index (Phi) is 3.71. The number of halogens is 1. The van der Waals surface area contributed by atoms with Gasteiger partial charge in [0, 0.05) is 17.3 Å². The van der Waals surface area contributed by atoms with Gasteiger partial charge in [0.15, 0.2) is 0 Å². The fraction of sp³-hybridized carbons (Fsp3) is 0.235. The smallest absolute Gasteiger partial charge is 0.255 e. The molecule has 0 aromatic heterocycles. The molecule has 2 aromatic carbocycles. The summed E-state index contributed by atoms with van der Waals surface area (Å²) in [4.78, 5) is 12.2. The molecule has 0 fully saturated rings. The molecular formula is C17H17FN2O. The molecule has 0 saturated heterocycles. The monoisotopic (exact) mass is 284 g/mol. The topological polar surface area (TPSA) is 55.1 Å². The molecule has 3 rings (SSSR count). The van der Waals surface area contributed by atoms with Crippen LogP contribution in [0, 0.1) is 5.82 Å². The molecule has 1 aliphatic carbocycles. The molecule has 2 aromatic rings. The Morgan fingerprint density at radius 3 is 2.67 bits per heavy atom. The Hall–Kier alpha value is -2.20. The standard InChI is InChI=1S/C17H17FN2O/c18-14-4-7-16(8-5-14)20-17(21)13-2-1-12-10-15(19)6-3-11(12)9-13/h1-2,4-5,7-9,15H,3,6,10,19H2,(H,20,21). The van der Waals surface area contributed by atoms with Gasteiger partial charge in [0.05, 0.1) is 0 Å². The number of hydrogen-bond donors (Lipinski definition) is 2. The first-order chi connectivity index (χ1) is 10.1. The fourth-order valence-electron chi connectivity index (χ4n) is 2.66. The van der Waals surface area contributed by atoms with Crippen LogP contribution in [0.3, 0.4) is 0 Å². The van der Waals surface area contributed by atoms with E-state index in [1.165, 1.54) is 23.3 Å². The van der Waals surface area contributed by atoms with Gasteiger partial charge in [0.2, 0.25) is 0 Å². The highest BCUT2D eigenvalue weighted by molar-refractivity contribution is 6.04. The molecule has 1 atom stereocenters. The lowest BCUT2D eigenvalue weighted by molar-refractivity contribution is 0.102. The number of rotatable bonds is 2. The molecule has 3 N–H and O–H groups in total. The van der Waals surface area contributed by atoms with Crippen LogP contribution in [0.5, 0.6) is 0 Å². The molecule has 1 aliphatic rings. The quantitative estimate of drug-likeness (QED) is 0.891. The van der Waals surface area contributed by atoms with Crippen LogP contribution in [-0.4, -0.2) is 11.9 Å². The van der Waals surface area contributed by atoms with Gasteiger partial charge in [-0.05, 0) is 66.8 Å². The largest absolute Gasteiger partial charge is 0.327 e. The molecule has 0 radical (unpaired) electrons. The van der Waals surface area contributed by atoms with Gasteiger partial charge in [-0.3, -0.25) is 4.79 Å². The van der Waals surface area contributed by atoms with E-state index >= 15 is 0 Å². The highest BCUT2D eigenvalue weighted by atomic mass is 19.1. The van der Waals surface area contributed by atoms with Crippen molar-refractivity contribution in [3.8, 4) is 0 Å². The summed E-state index contributed by atoms with van der Waals surface area (Å²) in [7, 11) is 0. The molecule has 0 saturated carbocycles. The van der Waals surface area contributed by atoms with E-state index in [9.17, 15) is 9.18 Å². The molecule has 0 bridgehead atoms. The molecule has 4 heteroatoms. The second-order valence-electron chi connectivity index (χ2n) is 5.45. The van der Waals surface area contributed by atoms with Crippen molar-refractivity contribution < 1.29 is 9.18 Å². The second kappa shape index (κ2) is 5.66. The minimum absolute atomic E-state index is 0.181. The van der Waals surface area contributed by atoms with Gasteiger partial charge >= 0.3 is 0 Å². The maximum absolute atomic E-state index is 12.8. The lowest BCUT2D eigenvalue weighted by Crippen LogP contribution is -2.28. The van der Waals surface area contributed by atoms with E-state index in [-0.39, 0.29) is 17.8 Å². The zero-order chi connectivity index (χ0) is 14.8. The predicted octanol–water partition coefficient (Wildman–Crippen LogP) is 2.89. The van der Waals surface area contributed by atoms with Crippen molar-refractivity contribution in [2.75, 3.05) is 5.32 Å². The van der Waals surface area contributed by atoms with Crippen molar-refractivity contribution >= 4 is 11.6 Å². The van der Waals surface area contributed by atoms with Crippen molar-refractivity contribution in [2.24, 2.45) is 5.73 Å². The van der Waals surface area contributed by atoms with Crippen LogP contribution in [0.1, 0.15) is 27.9 Å². The number of benzene rings is 2. The van der Waals surface area contributed by atoms with Crippen LogP contribution in [0.2, 0.25) is 0 Å². The molecule has 1 unspecified atom stereocenters. The zero-order valence-corrected chi connectivity index (χ0v) is 11.6. The third-order valence-corrected chi connectivity index (χ3v) is 3.84. The van der Waals surface area contributed by atoms with E-state index in [0.717, 1.165) is 19.3 Å². The van der Waals surface area contributed by atoms with E-state index in [1.54, 1.807) is 12.1 Å². The van der Waals surface area contributed by atoms with E-state index in [0.29, 0.717) is 11.3 Å². The summed E-state index contributed by atoms with van der Waals surface area (Å²) in [5.41, 5.74) is 9.58. The predicted molar refractivity (Wildman–Crippen MR) is 80.8 cm³/mol. The van der Waals surface area contributed by atoms with E-state index in [4.69, 9.17) is 5.73 Å². The summed E-state index contributed by atoms with van der Waals surface area (Å²) in [5.74, 6) is -0.502. The van der Waals surface area contributed by atoms with E-state index < -0.39 is 0 Å². The highest BCUT2D eigenvalue weighted by Gasteiger charge is 2.17. The number of amides is 1. The Morgan fingerprint density at radius 1 is 1.14 bits per heavy atom. The average molecular weight is 284 g/mol. The highest BCUT2D eigenvalue weighted by Crippen LogP contribution is 2.22. The average Bonchev–Trinajstić information content (AvgIpc) is 2.49. The van der Waals surface area contributed by atoms with Crippen molar-refractivity contribution in [3.05, 3.63) is 65.0 Å². The Labute approximate surface area is 123 Å². The van der Waals surface area contributed by atoms with Crippen LogP contribution >= 0.6 is 0 Å². The number of nitrogens with two attached hydrogens (primary N) is 1. The molecule has 0 heterocycles. The molecule has 21 heavy (non-hydrogen) atoms. The maximum atomic E-state index is 12.8. The summed E-state index contributed by atoms with van der Waals surface area (Å²) in [5, 5.41) is 2.77. The van der Waals surface area contributed by atoms with Gasteiger partial charge in [-0.2, -0.15) is 0 Å². The lowest BCUT2D eigenvalue weighted by atomic mass is 9.87. The first kappa shape index (κ1) is 13.8. The number of carbonyl (C=O) groups excluding carboxylic acids is 1. The van der Waals surface area contributed by atoms with E-state index in [1.807, 2.05) is 18.2 Å². The molecular weight excluding hydrogens is 267 g/mol. The van der Waals surface area contributed by atoms with Crippen molar-refractivity contribution in [3.63, 3.8) is 0 Å². The van der Waals surface area contributed by atoms with Gasteiger partial charge in [0.25, 0.3) is 5.91 Å². The van der Waals surface area contributed by atoms with Gasteiger partial charge in [-0.1, -0.05) is 6.07 Å². The van der Waals surface area contributed by atoms with Gasteiger partial charge in [-0.25, -0.2) is 4.39 Å². The molecule has 3 nitrogen and oxygen atoms in total. The number of anilines is 1. The third-order valence-electron chi connectivity index (χ3n) is 3.84. The number of fused-ring (bicyclic) bond motifs is 1. The SMILES string of the molecule is NC1CCc2cc(C(=O)Nc3ccc(F)cc3)ccc2C1. The number of aryl methyl sites for hydroxylation is 1. The summed E-state index contributed by atoms with van der Waals surface area (Å²) in [6, 6.07) is 11.7. The Morgan fingerprint density at radius 2 is 1.90 bits per heavy atom. The van der Waals surface area contributed by atoms with Crippen LogP contribution in [0.15, 0.2) is 42.5 Å². The van der Waals surface area contributed by atoms with Crippen molar-refractivity contribution in [1.29, 1.82) is 0 Å². The van der Waals surface area contributed by atoms with Gasteiger partial charge in [0.1, 0.15) is 5.82 Å². The lowest BCUT2D eigenvalue weighted by Gasteiger charge is -2.21. The normalized spacial score (nSPS) is 17.1. The first-order valence-electron chi connectivity index (χ1n) is 7.06. The number of carbonyl (C=O) groups is 1. The fourth-order valence-corrected chi connectivity index (χ4v) is 2.66. The van der Waals surface area contributed by atoms with Crippen molar-refractivity contribution in [1.82, 2.24) is 0 Å². The second-order valence-corrected chi connectivity index (χ2v) is 5.45. The molecule has 1 amide bonds. The number of nitrogens with one attached hydrogen (secondary N) is 1.